The monoisotopic (exact) mass is 385 g/mol. The lowest BCUT2D eigenvalue weighted by Gasteiger charge is -2.08. The molecule has 0 saturated carbocycles. The Labute approximate surface area is 167 Å². The van der Waals surface area contributed by atoms with Crippen LogP contribution in [-0.2, 0) is 9.59 Å². The van der Waals surface area contributed by atoms with Crippen molar-refractivity contribution in [2.45, 2.75) is 13.8 Å². The summed E-state index contributed by atoms with van der Waals surface area (Å²) in [6.07, 6.45) is 1.76. The van der Waals surface area contributed by atoms with Gasteiger partial charge in [0.05, 0.1) is 17.6 Å². The summed E-state index contributed by atoms with van der Waals surface area (Å²) < 4.78 is 1.77. The Hall–Kier alpha value is -4.00. The van der Waals surface area contributed by atoms with Crippen LogP contribution in [0.2, 0.25) is 0 Å². The second-order valence-electron chi connectivity index (χ2n) is 6.66. The standard InChI is InChI=1S/C22H19N5O2/c1-14(28)24-18-7-3-5-16(11-18)20-9-10-22-23-13-21(27(22)26-20)17-6-4-8-19(12-17)25-15(2)29/h3-13H,1-2H3,(H,24,28)(H,25,29). The molecule has 144 valence electrons. The maximum atomic E-state index is 11.4. The number of carbonyl (C=O) groups is 2. The van der Waals surface area contributed by atoms with Crippen LogP contribution < -0.4 is 10.6 Å². The van der Waals surface area contributed by atoms with Crippen LogP contribution in [-0.4, -0.2) is 26.4 Å². The summed E-state index contributed by atoms with van der Waals surface area (Å²) >= 11 is 0. The van der Waals surface area contributed by atoms with Crippen molar-refractivity contribution < 1.29 is 9.59 Å². The number of hydrogen-bond acceptors (Lipinski definition) is 4. The van der Waals surface area contributed by atoms with Gasteiger partial charge in [-0.1, -0.05) is 24.3 Å². The fourth-order valence-electron chi connectivity index (χ4n) is 3.14. The van der Waals surface area contributed by atoms with Gasteiger partial charge >= 0.3 is 0 Å². The average molecular weight is 385 g/mol. The van der Waals surface area contributed by atoms with Crippen molar-refractivity contribution in [1.29, 1.82) is 0 Å². The van der Waals surface area contributed by atoms with E-state index >= 15 is 0 Å². The Bertz CT molecular complexity index is 1230. The van der Waals surface area contributed by atoms with Crippen molar-refractivity contribution in [3.63, 3.8) is 0 Å². The van der Waals surface area contributed by atoms with Crippen LogP contribution in [0.1, 0.15) is 13.8 Å². The van der Waals surface area contributed by atoms with Gasteiger partial charge in [-0.05, 0) is 36.4 Å². The second-order valence-corrected chi connectivity index (χ2v) is 6.66. The number of benzene rings is 2. The lowest BCUT2D eigenvalue weighted by Crippen LogP contribution is -2.06. The SMILES string of the molecule is CC(=O)Nc1cccc(-c2ccc3ncc(-c4cccc(NC(C)=O)c4)n3n2)c1. The minimum atomic E-state index is -0.125. The molecule has 0 spiro atoms. The lowest BCUT2D eigenvalue weighted by molar-refractivity contribution is -0.115. The van der Waals surface area contributed by atoms with Gasteiger partial charge in [0.2, 0.25) is 11.8 Å². The van der Waals surface area contributed by atoms with Gasteiger partial charge in [0.25, 0.3) is 0 Å². The van der Waals surface area contributed by atoms with Crippen molar-refractivity contribution in [2.24, 2.45) is 0 Å². The van der Waals surface area contributed by atoms with Crippen molar-refractivity contribution in [1.82, 2.24) is 14.6 Å². The van der Waals surface area contributed by atoms with Crippen LogP contribution in [0.15, 0.2) is 66.9 Å². The summed E-state index contributed by atoms with van der Waals surface area (Å²) in [6.45, 7) is 2.95. The highest BCUT2D eigenvalue weighted by Crippen LogP contribution is 2.26. The number of aromatic nitrogens is 3. The largest absolute Gasteiger partial charge is 0.326 e. The minimum absolute atomic E-state index is 0.124. The molecule has 7 nitrogen and oxygen atoms in total. The molecule has 0 radical (unpaired) electrons. The van der Waals surface area contributed by atoms with E-state index in [1.807, 2.05) is 60.7 Å². The zero-order valence-corrected chi connectivity index (χ0v) is 16.0. The number of nitrogens with one attached hydrogen (secondary N) is 2. The molecule has 4 aromatic rings. The molecule has 29 heavy (non-hydrogen) atoms. The van der Waals surface area contributed by atoms with Gasteiger partial charge in [0.15, 0.2) is 5.65 Å². The molecule has 0 saturated heterocycles. The molecule has 0 aliphatic carbocycles. The molecule has 2 aromatic heterocycles. The number of anilines is 2. The zero-order valence-electron chi connectivity index (χ0n) is 16.0. The maximum Gasteiger partial charge on any atom is 0.221 e. The molecule has 2 amide bonds. The third-order valence-corrected chi connectivity index (χ3v) is 4.32. The molecule has 0 unspecified atom stereocenters. The van der Waals surface area contributed by atoms with E-state index in [1.165, 1.54) is 13.8 Å². The Morgan fingerprint density at radius 1 is 0.828 bits per heavy atom. The maximum absolute atomic E-state index is 11.4. The van der Waals surface area contributed by atoms with Crippen LogP contribution in [0.4, 0.5) is 11.4 Å². The smallest absolute Gasteiger partial charge is 0.221 e. The van der Waals surface area contributed by atoms with E-state index in [2.05, 4.69) is 15.6 Å². The molecule has 2 aromatic carbocycles. The molecule has 2 heterocycles. The van der Waals surface area contributed by atoms with Gasteiger partial charge in [-0.25, -0.2) is 9.50 Å². The molecule has 7 heteroatoms. The Morgan fingerprint density at radius 3 is 2.10 bits per heavy atom. The van der Waals surface area contributed by atoms with Gasteiger partial charge in [-0.15, -0.1) is 0 Å². The van der Waals surface area contributed by atoms with Crippen LogP contribution in [0.5, 0.6) is 0 Å². The Balaban J connectivity index is 1.76. The fourth-order valence-corrected chi connectivity index (χ4v) is 3.14. The van der Waals surface area contributed by atoms with E-state index in [0.29, 0.717) is 17.0 Å². The molecule has 4 rings (SSSR count). The summed E-state index contributed by atoms with van der Waals surface area (Å²) in [5, 5.41) is 10.3. The van der Waals surface area contributed by atoms with E-state index in [4.69, 9.17) is 5.10 Å². The first-order chi connectivity index (χ1) is 14.0. The molecular weight excluding hydrogens is 366 g/mol. The van der Waals surface area contributed by atoms with Gasteiger partial charge in [0.1, 0.15) is 0 Å². The van der Waals surface area contributed by atoms with Crippen LogP contribution in [0.3, 0.4) is 0 Å². The molecule has 0 aliphatic rings. The quantitative estimate of drug-likeness (QED) is 0.556. The number of fused-ring (bicyclic) bond motifs is 1. The van der Waals surface area contributed by atoms with E-state index in [9.17, 15) is 9.59 Å². The molecule has 0 fully saturated rings. The molecule has 0 atom stereocenters. The minimum Gasteiger partial charge on any atom is -0.326 e. The summed E-state index contributed by atoms with van der Waals surface area (Å²) in [5.41, 5.74) is 5.47. The van der Waals surface area contributed by atoms with Crippen molar-refractivity contribution >= 4 is 28.8 Å². The molecule has 2 N–H and O–H groups in total. The van der Waals surface area contributed by atoms with Crippen LogP contribution in [0.25, 0.3) is 28.2 Å². The number of rotatable bonds is 4. The van der Waals surface area contributed by atoms with Gasteiger partial charge in [0, 0.05) is 36.3 Å². The third-order valence-electron chi connectivity index (χ3n) is 4.32. The first-order valence-electron chi connectivity index (χ1n) is 9.10. The number of carbonyl (C=O) groups excluding carboxylic acids is 2. The van der Waals surface area contributed by atoms with Gasteiger partial charge in [-0.3, -0.25) is 9.59 Å². The molecular formula is C22H19N5O2. The second kappa shape index (κ2) is 7.55. The highest BCUT2D eigenvalue weighted by molar-refractivity contribution is 5.90. The van der Waals surface area contributed by atoms with E-state index in [-0.39, 0.29) is 11.8 Å². The number of amides is 2. The first-order valence-corrected chi connectivity index (χ1v) is 9.10. The molecule has 0 aliphatic heterocycles. The lowest BCUT2D eigenvalue weighted by atomic mass is 10.1. The number of imidazole rings is 1. The fraction of sp³-hybridized carbons (Fsp3) is 0.0909. The van der Waals surface area contributed by atoms with Crippen molar-refractivity contribution in [3.8, 4) is 22.5 Å². The highest BCUT2D eigenvalue weighted by atomic mass is 16.2. The van der Waals surface area contributed by atoms with Gasteiger partial charge < -0.3 is 10.6 Å². The van der Waals surface area contributed by atoms with Crippen molar-refractivity contribution in [3.05, 3.63) is 66.9 Å². The van der Waals surface area contributed by atoms with E-state index in [0.717, 1.165) is 22.5 Å². The summed E-state index contributed by atoms with van der Waals surface area (Å²) in [4.78, 5) is 27.1. The number of hydrogen-bond donors (Lipinski definition) is 2. The Kier molecular flexibility index (Phi) is 4.78. The van der Waals surface area contributed by atoms with Crippen molar-refractivity contribution in [2.75, 3.05) is 10.6 Å². The number of nitrogens with zero attached hydrogens (tertiary/aromatic N) is 3. The first kappa shape index (κ1) is 18.4. The predicted octanol–water partition coefficient (Wildman–Crippen LogP) is 3.98. The Morgan fingerprint density at radius 2 is 1.45 bits per heavy atom. The summed E-state index contributed by atoms with van der Waals surface area (Å²) in [5.74, 6) is -0.249. The zero-order chi connectivity index (χ0) is 20.4. The predicted molar refractivity (Wildman–Crippen MR) is 112 cm³/mol. The van der Waals surface area contributed by atoms with E-state index < -0.39 is 0 Å². The normalized spacial score (nSPS) is 10.7. The van der Waals surface area contributed by atoms with Gasteiger partial charge in [-0.2, -0.15) is 5.10 Å². The third kappa shape index (κ3) is 3.98. The molecule has 0 bridgehead atoms. The van der Waals surface area contributed by atoms with Crippen LogP contribution >= 0.6 is 0 Å². The average Bonchev–Trinajstić information content (AvgIpc) is 3.10. The summed E-state index contributed by atoms with van der Waals surface area (Å²) in [6, 6.07) is 18.9. The summed E-state index contributed by atoms with van der Waals surface area (Å²) in [7, 11) is 0. The van der Waals surface area contributed by atoms with E-state index in [1.54, 1.807) is 10.7 Å². The topological polar surface area (TPSA) is 88.4 Å². The van der Waals surface area contributed by atoms with Crippen LogP contribution in [0, 0.1) is 0 Å². The highest BCUT2D eigenvalue weighted by Gasteiger charge is 2.10.